The largest absolute Gasteiger partial charge is 0.496 e. The average Bonchev–Trinajstić information content (AvgIpc) is 3.18. The Morgan fingerprint density at radius 1 is 1.07 bits per heavy atom. The van der Waals surface area contributed by atoms with Crippen LogP contribution in [0.2, 0.25) is 0 Å². The first kappa shape index (κ1) is 19.2. The highest BCUT2D eigenvalue weighted by atomic mass is 16.5. The summed E-state index contributed by atoms with van der Waals surface area (Å²) < 4.78 is 10.6. The lowest BCUT2D eigenvalue weighted by molar-refractivity contribution is -0.155. The van der Waals surface area contributed by atoms with Crippen molar-refractivity contribution in [2.45, 2.75) is 32.0 Å². The van der Waals surface area contributed by atoms with Gasteiger partial charge >= 0.3 is 5.97 Å². The van der Waals surface area contributed by atoms with Gasteiger partial charge in [-0.25, -0.2) is 4.79 Å². The van der Waals surface area contributed by atoms with Gasteiger partial charge in [-0.05, 0) is 37.5 Å². The number of aliphatic carboxylic acids is 1. The molecule has 2 heterocycles. The van der Waals surface area contributed by atoms with E-state index in [1.165, 1.54) is 0 Å². The number of aryl methyl sites for hydroxylation is 1. The normalized spacial score (nSPS) is 22.6. The predicted molar refractivity (Wildman–Crippen MR) is 95.7 cm³/mol. The topological polar surface area (TPSA) is 96.4 Å². The molecule has 8 heteroatoms. The molecule has 2 fully saturated rings. The molecule has 27 heavy (non-hydrogen) atoms. The Labute approximate surface area is 157 Å². The Balaban J connectivity index is 1.56. The fourth-order valence-corrected chi connectivity index (χ4v) is 3.47. The van der Waals surface area contributed by atoms with Crippen molar-refractivity contribution in [1.82, 2.24) is 9.80 Å². The van der Waals surface area contributed by atoms with Crippen LogP contribution in [0.25, 0.3) is 0 Å². The smallest absolute Gasteiger partial charge is 0.332 e. The van der Waals surface area contributed by atoms with Crippen molar-refractivity contribution < 1.29 is 29.0 Å². The molecule has 0 aromatic heterocycles. The van der Waals surface area contributed by atoms with E-state index in [9.17, 15) is 14.4 Å². The van der Waals surface area contributed by atoms with E-state index in [-0.39, 0.29) is 11.8 Å². The van der Waals surface area contributed by atoms with Gasteiger partial charge in [-0.1, -0.05) is 6.07 Å². The lowest BCUT2D eigenvalue weighted by atomic mass is 10.1. The molecule has 8 nitrogen and oxygen atoms in total. The standard InChI is InChI=1S/C19H24N2O6/c1-12-3-4-13(11-16(12)26-2)17(22)20-7-9-21(10-8-20)18(23)14-5-6-15(27-14)19(24)25/h3-4,11,14-15H,5-10H2,1-2H3,(H,24,25)/t14-,15+/m0/s1. The number of carboxylic acids is 1. The van der Waals surface area contributed by atoms with Crippen LogP contribution in [0.5, 0.6) is 5.75 Å². The van der Waals surface area contributed by atoms with E-state index in [1.807, 2.05) is 13.0 Å². The summed E-state index contributed by atoms with van der Waals surface area (Å²) in [6.45, 7) is 3.58. The van der Waals surface area contributed by atoms with Crippen LogP contribution in [0.1, 0.15) is 28.8 Å². The average molecular weight is 376 g/mol. The summed E-state index contributed by atoms with van der Waals surface area (Å²) in [6, 6.07) is 5.35. The van der Waals surface area contributed by atoms with Crippen LogP contribution >= 0.6 is 0 Å². The molecule has 2 amide bonds. The number of hydrogen-bond donors (Lipinski definition) is 1. The first-order chi connectivity index (χ1) is 12.9. The Kier molecular flexibility index (Phi) is 5.65. The number of ether oxygens (including phenoxy) is 2. The van der Waals surface area contributed by atoms with Crippen molar-refractivity contribution in [3.63, 3.8) is 0 Å². The van der Waals surface area contributed by atoms with E-state index in [4.69, 9.17) is 14.6 Å². The van der Waals surface area contributed by atoms with Crippen LogP contribution in [0, 0.1) is 6.92 Å². The molecule has 2 saturated heterocycles. The molecule has 0 saturated carbocycles. The van der Waals surface area contributed by atoms with Crippen LogP contribution in [-0.2, 0) is 14.3 Å². The van der Waals surface area contributed by atoms with Gasteiger partial charge in [0.15, 0.2) is 6.10 Å². The lowest BCUT2D eigenvalue weighted by Crippen LogP contribution is -2.53. The zero-order chi connectivity index (χ0) is 19.6. The number of rotatable bonds is 4. The Morgan fingerprint density at radius 3 is 2.30 bits per heavy atom. The third-order valence-electron chi connectivity index (χ3n) is 5.10. The van der Waals surface area contributed by atoms with E-state index < -0.39 is 18.2 Å². The molecule has 0 bridgehead atoms. The number of carboxylic acid groups (broad SMARTS) is 1. The van der Waals surface area contributed by atoms with Crippen molar-refractivity contribution in [1.29, 1.82) is 0 Å². The summed E-state index contributed by atoms with van der Waals surface area (Å²) in [6.07, 6.45) is -0.842. The first-order valence-corrected chi connectivity index (χ1v) is 9.01. The van der Waals surface area contributed by atoms with Crippen LogP contribution in [0.15, 0.2) is 18.2 Å². The maximum absolute atomic E-state index is 12.7. The van der Waals surface area contributed by atoms with Gasteiger partial charge in [-0.2, -0.15) is 0 Å². The van der Waals surface area contributed by atoms with Crippen molar-refractivity contribution in [2.75, 3.05) is 33.3 Å². The van der Waals surface area contributed by atoms with Gasteiger partial charge in [-0.3, -0.25) is 9.59 Å². The minimum absolute atomic E-state index is 0.0940. The first-order valence-electron chi connectivity index (χ1n) is 9.01. The van der Waals surface area contributed by atoms with Gasteiger partial charge in [0, 0.05) is 31.7 Å². The number of benzene rings is 1. The molecule has 0 radical (unpaired) electrons. The fourth-order valence-electron chi connectivity index (χ4n) is 3.47. The fraction of sp³-hybridized carbons (Fsp3) is 0.526. The van der Waals surface area contributed by atoms with E-state index in [2.05, 4.69) is 0 Å². The number of piperazine rings is 1. The molecule has 2 atom stereocenters. The van der Waals surface area contributed by atoms with Crippen LogP contribution in [-0.4, -0.2) is 78.2 Å². The van der Waals surface area contributed by atoms with Gasteiger partial charge in [0.2, 0.25) is 0 Å². The number of carbonyl (C=O) groups excluding carboxylic acids is 2. The molecule has 1 N–H and O–H groups in total. The van der Waals surface area contributed by atoms with Gasteiger partial charge < -0.3 is 24.4 Å². The maximum Gasteiger partial charge on any atom is 0.332 e. The predicted octanol–water partition coefficient (Wildman–Crippen LogP) is 0.920. The zero-order valence-corrected chi connectivity index (χ0v) is 15.5. The highest BCUT2D eigenvalue weighted by molar-refractivity contribution is 5.95. The second-order valence-electron chi connectivity index (χ2n) is 6.83. The molecule has 3 rings (SSSR count). The van der Waals surface area contributed by atoms with Gasteiger partial charge in [0.05, 0.1) is 7.11 Å². The van der Waals surface area contributed by atoms with Crippen molar-refractivity contribution in [3.8, 4) is 5.75 Å². The number of amides is 2. The van der Waals surface area contributed by atoms with E-state index >= 15 is 0 Å². The molecule has 146 valence electrons. The quantitative estimate of drug-likeness (QED) is 0.839. The summed E-state index contributed by atoms with van der Waals surface area (Å²) in [5, 5.41) is 8.98. The van der Waals surface area contributed by atoms with Crippen LogP contribution in [0.4, 0.5) is 0 Å². The summed E-state index contributed by atoms with van der Waals surface area (Å²) in [5.41, 5.74) is 1.52. The summed E-state index contributed by atoms with van der Waals surface area (Å²) in [5.74, 6) is -0.651. The van der Waals surface area contributed by atoms with E-state index in [0.717, 1.165) is 5.56 Å². The van der Waals surface area contributed by atoms with Gasteiger partial charge in [0.25, 0.3) is 11.8 Å². The molecular formula is C19H24N2O6. The minimum atomic E-state index is -1.03. The monoisotopic (exact) mass is 376 g/mol. The molecule has 0 unspecified atom stereocenters. The number of hydrogen-bond acceptors (Lipinski definition) is 5. The Bertz CT molecular complexity index is 742. The number of methoxy groups -OCH3 is 1. The molecule has 0 aliphatic carbocycles. The number of nitrogens with zero attached hydrogens (tertiary/aromatic N) is 2. The summed E-state index contributed by atoms with van der Waals surface area (Å²) in [4.78, 5) is 39.6. The molecular weight excluding hydrogens is 352 g/mol. The second-order valence-corrected chi connectivity index (χ2v) is 6.83. The van der Waals surface area contributed by atoms with Gasteiger partial charge in [0.1, 0.15) is 11.9 Å². The third-order valence-corrected chi connectivity index (χ3v) is 5.10. The molecule has 2 aliphatic heterocycles. The van der Waals surface area contributed by atoms with Crippen molar-refractivity contribution >= 4 is 17.8 Å². The third kappa shape index (κ3) is 4.05. The molecule has 0 spiro atoms. The van der Waals surface area contributed by atoms with E-state index in [1.54, 1.807) is 29.0 Å². The number of carbonyl (C=O) groups is 3. The van der Waals surface area contributed by atoms with Crippen LogP contribution < -0.4 is 4.74 Å². The zero-order valence-electron chi connectivity index (χ0n) is 15.5. The highest BCUT2D eigenvalue weighted by Crippen LogP contribution is 2.23. The maximum atomic E-state index is 12.7. The molecule has 2 aliphatic rings. The van der Waals surface area contributed by atoms with Crippen molar-refractivity contribution in [3.05, 3.63) is 29.3 Å². The Morgan fingerprint density at radius 2 is 1.70 bits per heavy atom. The summed E-state index contributed by atoms with van der Waals surface area (Å²) in [7, 11) is 1.57. The SMILES string of the molecule is COc1cc(C(=O)N2CCN(C(=O)[C@@H]3CC[C@H](C(=O)O)O3)CC2)ccc1C. The van der Waals surface area contributed by atoms with Crippen LogP contribution in [0.3, 0.4) is 0 Å². The van der Waals surface area contributed by atoms with Crippen molar-refractivity contribution in [2.24, 2.45) is 0 Å². The highest BCUT2D eigenvalue weighted by Gasteiger charge is 2.37. The van der Waals surface area contributed by atoms with Gasteiger partial charge in [-0.15, -0.1) is 0 Å². The summed E-state index contributed by atoms with van der Waals surface area (Å²) >= 11 is 0. The Hall–Kier alpha value is -2.61. The lowest BCUT2D eigenvalue weighted by Gasteiger charge is -2.35. The molecule has 1 aromatic carbocycles. The second kappa shape index (κ2) is 7.96. The minimum Gasteiger partial charge on any atom is -0.496 e. The molecule has 1 aromatic rings. The van der Waals surface area contributed by atoms with E-state index in [0.29, 0.717) is 50.3 Å².